The maximum Gasteiger partial charge on any atom is 0.191 e. The molecule has 4 rings (SSSR count). The second kappa shape index (κ2) is 7.98. The van der Waals surface area contributed by atoms with Gasteiger partial charge in [0.25, 0.3) is 0 Å². The average molecular weight is 365 g/mol. The van der Waals surface area contributed by atoms with Crippen LogP contribution in [0.4, 0.5) is 0 Å². The van der Waals surface area contributed by atoms with Crippen LogP contribution in [0.25, 0.3) is 22.1 Å². The molecule has 3 heterocycles. The van der Waals surface area contributed by atoms with Gasteiger partial charge in [-0.1, -0.05) is 12.1 Å². The van der Waals surface area contributed by atoms with Gasteiger partial charge < -0.3 is 9.15 Å². The highest BCUT2D eigenvalue weighted by Crippen LogP contribution is 2.25. The SMILES string of the molecule is Cc1ncc(-c2ccc3cnc(CC(=O)CCN4CCOCC4)cc3c2)o1. The minimum atomic E-state index is 0.218. The molecular weight excluding hydrogens is 342 g/mol. The summed E-state index contributed by atoms with van der Waals surface area (Å²) in [5.41, 5.74) is 1.78. The Bertz CT molecular complexity index is 945. The van der Waals surface area contributed by atoms with Crippen molar-refractivity contribution in [1.29, 1.82) is 0 Å². The lowest BCUT2D eigenvalue weighted by Gasteiger charge is -2.26. The molecule has 0 atom stereocenters. The predicted octanol–water partition coefficient (Wildman–Crippen LogP) is 3.03. The van der Waals surface area contributed by atoms with Crippen molar-refractivity contribution in [2.75, 3.05) is 32.8 Å². The van der Waals surface area contributed by atoms with E-state index >= 15 is 0 Å². The number of hydrogen-bond donors (Lipinski definition) is 0. The van der Waals surface area contributed by atoms with Crippen molar-refractivity contribution in [2.45, 2.75) is 19.8 Å². The summed E-state index contributed by atoms with van der Waals surface area (Å²) in [7, 11) is 0. The molecule has 1 aliphatic rings. The molecule has 3 aromatic rings. The molecule has 0 aliphatic carbocycles. The van der Waals surface area contributed by atoms with Gasteiger partial charge in [0.1, 0.15) is 5.78 Å². The number of morpholine rings is 1. The summed E-state index contributed by atoms with van der Waals surface area (Å²) in [6, 6.07) is 8.06. The second-order valence-corrected chi connectivity index (χ2v) is 6.90. The topological polar surface area (TPSA) is 68.5 Å². The molecule has 0 radical (unpaired) electrons. The van der Waals surface area contributed by atoms with Crippen LogP contribution in [0.5, 0.6) is 0 Å². The van der Waals surface area contributed by atoms with Gasteiger partial charge in [0.05, 0.1) is 19.4 Å². The number of nitrogens with zero attached hydrogens (tertiary/aromatic N) is 3. The van der Waals surface area contributed by atoms with Crippen LogP contribution in [0.2, 0.25) is 0 Å². The van der Waals surface area contributed by atoms with Crippen LogP contribution >= 0.6 is 0 Å². The van der Waals surface area contributed by atoms with E-state index in [2.05, 4.69) is 20.9 Å². The Morgan fingerprint density at radius 3 is 2.74 bits per heavy atom. The second-order valence-electron chi connectivity index (χ2n) is 6.90. The highest BCUT2D eigenvalue weighted by molar-refractivity contribution is 5.87. The Balaban J connectivity index is 1.44. The van der Waals surface area contributed by atoms with Crippen LogP contribution in [0, 0.1) is 6.92 Å². The van der Waals surface area contributed by atoms with Crippen molar-refractivity contribution in [2.24, 2.45) is 0 Å². The number of pyridine rings is 1. The molecule has 2 aromatic heterocycles. The molecule has 0 amide bonds. The van der Waals surface area contributed by atoms with E-state index in [1.165, 1.54) is 0 Å². The molecule has 140 valence electrons. The van der Waals surface area contributed by atoms with E-state index in [-0.39, 0.29) is 5.78 Å². The number of carbonyl (C=O) groups is 1. The highest BCUT2D eigenvalue weighted by Gasteiger charge is 2.13. The van der Waals surface area contributed by atoms with Crippen molar-refractivity contribution < 1.29 is 13.9 Å². The predicted molar refractivity (Wildman–Crippen MR) is 103 cm³/mol. The number of oxazole rings is 1. The molecule has 1 aromatic carbocycles. The summed E-state index contributed by atoms with van der Waals surface area (Å²) in [6.07, 6.45) is 4.48. The van der Waals surface area contributed by atoms with E-state index in [0.717, 1.165) is 60.6 Å². The van der Waals surface area contributed by atoms with E-state index in [1.807, 2.05) is 31.3 Å². The van der Waals surface area contributed by atoms with Crippen LogP contribution in [0.15, 0.2) is 41.1 Å². The van der Waals surface area contributed by atoms with Crippen LogP contribution < -0.4 is 0 Å². The maximum absolute atomic E-state index is 12.4. The van der Waals surface area contributed by atoms with Gasteiger partial charge in [-0.05, 0) is 17.5 Å². The monoisotopic (exact) mass is 365 g/mol. The number of ether oxygens (including phenoxy) is 1. The zero-order valence-corrected chi connectivity index (χ0v) is 15.5. The number of rotatable bonds is 6. The number of fused-ring (bicyclic) bond motifs is 1. The number of hydrogen-bond acceptors (Lipinski definition) is 6. The van der Waals surface area contributed by atoms with Crippen molar-refractivity contribution in [3.8, 4) is 11.3 Å². The summed E-state index contributed by atoms with van der Waals surface area (Å²) in [4.78, 5) is 23.3. The molecule has 0 saturated carbocycles. The lowest BCUT2D eigenvalue weighted by Crippen LogP contribution is -2.37. The normalized spacial score (nSPS) is 15.3. The van der Waals surface area contributed by atoms with Crippen LogP contribution in [-0.2, 0) is 16.0 Å². The maximum atomic E-state index is 12.4. The zero-order chi connectivity index (χ0) is 18.6. The number of carbonyl (C=O) groups excluding carboxylic acids is 1. The summed E-state index contributed by atoms with van der Waals surface area (Å²) in [5, 5.41) is 2.09. The first kappa shape index (κ1) is 17.8. The molecule has 0 spiro atoms. The van der Waals surface area contributed by atoms with Crippen LogP contribution in [-0.4, -0.2) is 53.5 Å². The van der Waals surface area contributed by atoms with Gasteiger partial charge in [-0.3, -0.25) is 14.7 Å². The number of aryl methyl sites for hydroxylation is 1. The van der Waals surface area contributed by atoms with Crippen molar-refractivity contribution in [1.82, 2.24) is 14.9 Å². The summed E-state index contributed by atoms with van der Waals surface area (Å²) in [5.74, 6) is 1.61. The molecule has 27 heavy (non-hydrogen) atoms. The molecule has 6 nitrogen and oxygen atoms in total. The molecule has 0 bridgehead atoms. The van der Waals surface area contributed by atoms with Crippen molar-refractivity contribution in [3.05, 3.63) is 48.2 Å². The fourth-order valence-corrected chi connectivity index (χ4v) is 3.33. The van der Waals surface area contributed by atoms with Gasteiger partial charge in [-0.25, -0.2) is 4.98 Å². The van der Waals surface area contributed by atoms with E-state index in [4.69, 9.17) is 9.15 Å². The quantitative estimate of drug-likeness (QED) is 0.669. The summed E-state index contributed by atoms with van der Waals surface area (Å²) < 4.78 is 10.9. The molecule has 1 aliphatic heterocycles. The number of Topliss-reactive ketones (excluding diaryl/α,β-unsaturated/α-hetero) is 1. The molecule has 6 heteroatoms. The average Bonchev–Trinajstić information content (AvgIpc) is 3.13. The summed E-state index contributed by atoms with van der Waals surface area (Å²) in [6.45, 7) is 5.96. The van der Waals surface area contributed by atoms with Crippen molar-refractivity contribution >= 4 is 16.6 Å². The Labute approximate surface area is 158 Å². The van der Waals surface area contributed by atoms with Gasteiger partial charge in [-0.15, -0.1) is 0 Å². The minimum absolute atomic E-state index is 0.218. The Morgan fingerprint density at radius 2 is 1.96 bits per heavy atom. The largest absolute Gasteiger partial charge is 0.441 e. The van der Waals surface area contributed by atoms with E-state index < -0.39 is 0 Å². The fourth-order valence-electron chi connectivity index (χ4n) is 3.33. The van der Waals surface area contributed by atoms with E-state index in [9.17, 15) is 4.79 Å². The molecular formula is C21H23N3O3. The third-order valence-corrected chi connectivity index (χ3v) is 4.87. The minimum Gasteiger partial charge on any atom is -0.441 e. The Kier molecular flexibility index (Phi) is 5.27. The standard InChI is InChI=1S/C21H23N3O3/c1-15-22-14-21(27-15)16-2-3-17-13-23-19(11-18(17)10-16)12-20(25)4-5-24-6-8-26-9-7-24/h2-3,10-11,13-14H,4-9,12H2,1H3. The Morgan fingerprint density at radius 1 is 1.11 bits per heavy atom. The smallest absolute Gasteiger partial charge is 0.191 e. The fraction of sp³-hybridized carbons (Fsp3) is 0.381. The van der Waals surface area contributed by atoms with Gasteiger partial charge in [-0.2, -0.15) is 0 Å². The third kappa shape index (κ3) is 4.40. The van der Waals surface area contributed by atoms with Crippen LogP contribution in [0.1, 0.15) is 18.0 Å². The Hall–Kier alpha value is -2.57. The number of aromatic nitrogens is 2. The third-order valence-electron chi connectivity index (χ3n) is 4.87. The van der Waals surface area contributed by atoms with Gasteiger partial charge in [0, 0.05) is 62.2 Å². The highest BCUT2D eigenvalue weighted by atomic mass is 16.5. The van der Waals surface area contributed by atoms with Gasteiger partial charge in [0.2, 0.25) is 0 Å². The number of ketones is 1. The zero-order valence-electron chi connectivity index (χ0n) is 15.5. The molecule has 1 fully saturated rings. The van der Waals surface area contributed by atoms with Gasteiger partial charge >= 0.3 is 0 Å². The lowest BCUT2D eigenvalue weighted by atomic mass is 10.0. The first-order valence-electron chi connectivity index (χ1n) is 9.31. The lowest BCUT2D eigenvalue weighted by molar-refractivity contribution is -0.119. The molecule has 0 unspecified atom stereocenters. The summed E-state index contributed by atoms with van der Waals surface area (Å²) >= 11 is 0. The van der Waals surface area contributed by atoms with E-state index in [0.29, 0.717) is 18.7 Å². The number of benzene rings is 1. The van der Waals surface area contributed by atoms with Crippen molar-refractivity contribution in [3.63, 3.8) is 0 Å². The first-order chi connectivity index (χ1) is 13.2. The molecule has 1 saturated heterocycles. The first-order valence-corrected chi connectivity index (χ1v) is 9.31. The van der Waals surface area contributed by atoms with Crippen LogP contribution in [0.3, 0.4) is 0 Å². The van der Waals surface area contributed by atoms with Gasteiger partial charge in [0.15, 0.2) is 11.7 Å². The van der Waals surface area contributed by atoms with E-state index in [1.54, 1.807) is 6.20 Å². The molecule has 0 N–H and O–H groups in total.